The van der Waals surface area contributed by atoms with Gasteiger partial charge in [0.05, 0.1) is 26.4 Å². The molecule has 0 heterocycles. The summed E-state index contributed by atoms with van der Waals surface area (Å²) in [6, 6.07) is 0. The average Bonchev–Trinajstić information content (AvgIpc) is 2.39. The van der Waals surface area contributed by atoms with E-state index in [2.05, 4.69) is 13.2 Å². The Balaban J connectivity index is -0.0000000871. The Kier molecular flexibility index (Phi) is 30.0. The van der Waals surface area contributed by atoms with Gasteiger partial charge in [0.2, 0.25) is 0 Å². The Hall–Kier alpha value is -1.74. The van der Waals surface area contributed by atoms with E-state index in [0.717, 1.165) is 0 Å². The molecule has 0 aliphatic heterocycles. The fraction of sp³-hybridized carbons (Fsp3) is 0.500. The molecular formula is C12H24O8. The first kappa shape index (κ1) is 26.8. The zero-order valence-corrected chi connectivity index (χ0v) is 11.7. The maximum Gasteiger partial charge on any atom is 0.330 e. The van der Waals surface area contributed by atoms with Crippen molar-refractivity contribution in [3.05, 3.63) is 24.3 Å². The molecule has 6 N–H and O–H groups in total. The minimum Gasteiger partial charge on any atom is -0.478 e. The predicted octanol–water partition coefficient (Wildman–Crippen LogP) is -0.764. The summed E-state index contributed by atoms with van der Waals surface area (Å²) in [5, 5.41) is 46.3. The Morgan fingerprint density at radius 1 is 0.700 bits per heavy atom. The van der Waals surface area contributed by atoms with Crippen LogP contribution in [0.2, 0.25) is 0 Å². The number of rotatable bonds is 4. The summed E-state index contributed by atoms with van der Waals surface area (Å²) in [4.78, 5) is 19.2. The van der Waals surface area contributed by atoms with Crippen LogP contribution in [-0.2, 0) is 9.59 Å². The highest BCUT2D eigenvalue weighted by Crippen LogP contribution is 1.81. The van der Waals surface area contributed by atoms with Crippen LogP contribution in [0.25, 0.3) is 0 Å². The van der Waals surface area contributed by atoms with Crippen molar-refractivity contribution < 1.29 is 40.2 Å². The minimum absolute atomic E-state index is 0.125. The topological polar surface area (TPSA) is 156 Å². The third kappa shape index (κ3) is 55.5. The molecule has 0 bridgehead atoms. The highest BCUT2D eigenvalue weighted by Gasteiger charge is 1.90. The van der Waals surface area contributed by atoms with Crippen LogP contribution in [0.4, 0.5) is 0 Å². The minimum atomic E-state index is -0.935. The van der Waals surface area contributed by atoms with Gasteiger partial charge in [0.15, 0.2) is 0 Å². The molecular weight excluding hydrogens is 272 g/mol. The molecule has 0 aliphatic carbocycles. The van der Waals surface area contributed by atoms with Gasteiger partial charge in [-0.15, -0.1) is 0 Å². The van der Waals surface area contributed by atoms with Crippen molar-refractivity contribution in [3.8, 4) is 0 Å². The zero-order chi connectivity index (χ0) is 17.1. The van der Waals surface area contributed by atoms with E-state index >= 15 is 0 Å². The summed E-state index contributed by atoms with van der Waals surface area (Å²) in [6.07, 6.45) is 0. The third-order valence-corrected chi connectivity index (χ3v) is 0.930. The smallest absolute Gasteiger partial charge is 0.330 e. The number of aliphatic carboxylic acids is 2. The molecule has 8 nitrogen and oxygen atoms in total. The number of carbonyl (C=O) groups is 2. The maximum atomic E-state index is 9.60. The molecule has 0 spiro atoms. The van der Waals surface area contributed by atoms with Gasteiger partial charge in [-0.1, -0.05) is 13.2 Å². The van der Waals surface area contributed by atoms with Crippen LogP contribution in [0.15, 0.2) is 24.3 Å². The van der Waals surface area contributed by atoms with Crippen LogP contribution in [0.3, 0.4) is 0 Å². The summed E-state index contributed by atoms with van der Waals surface area (Å²) < 4.78 is 0. The third-order valence-electron chi connectivity index (χ3n) is 0.930. The van der Waals surface area contributed by atoms with Gasteiger partial charge in [0.25, 0.3) is 0 Å². The SMILES string of the molecule is C=C(C)C(=O)O.C=C(C)C(=O)O.OCCO.OCCO. The molecule has 8 heteroatoms. The van der Waals surface area contributed by atoms with E-state index in [4.69, 9.17) is 30.6 Å². The molecule has 0 saturated carbocycles. The van der Waals surface area contributed by atoms with Gasteiger partial charge in [0.1, 0.15) is 0 Å². The van der Waals surface area contributed by atoms with E-state index in [9.17, 15) is 9.59 Å². The number of carboxylic acids is 2. The first-order chi connectivity index (χ1) is 9.11. The number of aliphatic hydroxyl groups is 4. The van der Waals surface area contributed by atoms with Gasteiger partial charge < -0.3 is 30.6 Å². The van der Waals surface area contributed by atoms with Crippen LogP contribution in [0.5, 0.6) is 0 Å². The molecule has 0 unspecified atom stereocenters. The molecule has 0 aliphatic rings. The second-order valence-electron chi connectivity index (χ2n) is 3.07. The lowest BCUT2D eigenvalue weighted by atomic mass is 10.4. The lowest BCUT2D eigenvalue weighted by Gasteiger charge is -1.79. The molecule has 0 aromatic rings. The van der Waals surface area contributed by atoms with E-state index in [1.165, 1.54) is 13.8 Å². The van der Waals surface area contributed by atoms with Gasteiger partial charge >= 0.3 is 11.9 Å². The van der Waals surface area contributed by atoms with Gasteiger partial charge in [-0.05, 0) is 13.8 Å². The van der Waals surface area contributed by atoms with Crippen LogP contribution >= 0.6 is 0 Å². The molecule has 0 atom stereocenters. The van der Waals surface area contributed by atoms with Gasteiger partial charge in [-0.25, -0.2) is 9.59 Å². The number of aliphatic hydroxyl groups excluding tert-OH is 4. The highest BCUT2D eigenvalue weighted by atomic mass is 16.4. The summed E-state index contributed by atoms with van der Waals surface area (Å²) in [5.41, 5.74) is 0.352. The summed E-state index contributed by atoms with van der Waals surface area (Å²) in [7, 11) is 0. The highest BCUT2D eigenvalue weighted by molar-refractivity contribution is 5.85. The van der Waals surface area contributed by atoms with E-state index in [1.807, 2.05) is 0 Å². The van der Waals surface area contributed by atoms with E-state index in [-0.39, 0.29) is 37.6 Å². The average molecular weight is 296 g/mol. The second-order valence-corrected chi connectivity index (χ2v) is 3.07. The van der Waals surface area contributed by atoms with E-state index < -0.39 is 11.9 Å². The van der Waals surface area contributed by atoms with Gasteiger partial charge in [-0.2, -0.15) is 0 Å². The molecule has 0 amide bonds. The lowest BCUT2D eigenvalue weighted by Crippen LogP contribution is -1.92. The van der Waals surface area contributed by atoms with Crippen LogP contribution < -0.4 is 0 Å². The molecule has 0 saturated heterocycles. The Labute approximate surface area is 117 Å². The van der Waals surface area contributed by atoms with Gasteiger partial charge in [-0.3, -0.25) is 0 Å². The lowest BCUT2D eigenvalue weighted by molar-refractivity contribution is -0.133. The maximum absolute atomic E-state index is 9.60. The molecule has 0 aromatic heterocycles. The van der Waals surface area contributed by atoms with Crippen LogP contribution in [-0.4, -0.2) is 69.0 Å². The molecule has 120 valence electrons. The number of carboxylic acid groups (broad SMARTS) is 2. The van der Waals surface area contributed by atoms with Gasteiger partial charge in [0, 0.05) is 11.1 Å². The van der Waals surface area contributed by atoms with Crippen molar-refractivity contribution in [2.75, 3.05) is 26.4 Å². The normalized spacial score (nSPS) is 7.50. The van der Waals surface area contributed by atoms with Crippen molar-refractivity contribution in [1.82, 2.24) is 0 Å². The summed E-state index contributed by atoms with van der Waals surface area (Å²) in [5.74, 6) is -1.87. The van der Waals surface area contributed by atoms with Crippen molar-refractivity contribution in [2.24, 2.45) is 0 Å². The molecule has 0 fully saturated rings. The molecule has 0 rings (SSSR count). The van der Waals surface area contributed by atoms with Crippen LogP contribution in [0.1, 0.15) is 13.8 Å². The van der Waals surface area contributed by atoms with Crippen molar-refractivity contribution >= 4 is 11.9 Å². The van der Waals surface area contributed by atoms with Crippen molar-refractivity contribution in [1.29, 1.82) is 0 Å². The number of hydrogen-bond donors (Lipinski definition) is 6. The largest absolute Gasteiger partial charge is 0.478 e. The Bertz CT molecular complexity index is 217. The predicted molar refractivity (Wildman–Crippen MR) is 73.2 cm³/mol. The molecule has 0 aromatic carbocycles. The zero-order valence-electron chi connectivity index (χ0n) is 11.7. The quantitative estimate of drug-likeness (QED) is 0.370. The number of hydrogen-bond acceptors (Lipinski definition) is 6. The standard InChI is InChI=1S/2C4H6O2.2C2H6O2/c2*1-3(2)4(5)6;2*3-1-2-4/h2*1H2,2H3,(H,5,6);2*3-4H,1-2H2. The first-order valence-corrected chi connectivity index (χ1v) is 5.33. The fourth-order valence-corrected chi connectivity index (χ4v) is 0. The molecule has 0 radical (unpaired) electrons. The summed E-state index contributed by atoms with van der Waals surface area (Å²) in [6.45, 7) is 8.70. The van der Waals surface area contributed by atoms with E-state index in [1.54, 1.807) is 0 Å². The van der Waals surface area contributed by atoms with Crippen LogP contribution in [0, 0.1) is 0 Å². The Morgan fingerprint density at radius 3 is 0.800 bits per heavy atom. The fourth-order valence-electron chi connectivity index (χ4n) is 0. The first-order valence-electron chi connectivity index (χ1n) is 5.33. The van der Waals surface area contributed by atoms with Crippen molar-refractivity contribution in [2.45, 2.75) is 13.8 Å². The monoisotopic (exact) mass is 296 g/mol. The van der Waals surface area contributed by atoms with Crippen molar-refractivity contribution in [3.63, 3.8) is 0 Å². The summed E-state index contributed by atoms with van der Waals surface area (Å²) >= 11 is 0. The molecule has 20 heavy (non-hydrogen) atoms. The second kappa shape index (κ2) is 22.4. The Morgan fingerprint density at radius 2 is 0.800 bits per heavy atom. The van der Waals surface area contributed by atoms with E-state index in [0.29, 0.717) is 0 Å².